The monoisotopic (exact) mass is 704 g/mol. The Bertz CT molecular complexity index is 3340. The van der Waals surface area contributed by atoms with Gasteiger partial charge in [-0.1, -0.05) is 121 Å². The minimum Gasteiger partial charge on any atom is -0.456 e. The normalized spacial score (nSPS) is 12.1. The standard InChI is InChI=1S/C50H28N2OS/c1-2-11-29(12-3-1)30-13-8-15-32(25-30)50-51-41(28-42(52-50)37-19-10-18-36-34-16-5-7-22-45(34)54-49(36)37)33-26-31-14-9-20-39-46(31)40(27-33)35-23-24-44-48(47(35)39)38-17-4-6-21-43(38)53-44/h1-28H. The third-order valence-electron chi connectivity index (χ3n) is 11.0. The van der Waals surface area contributed by atoms with E-state index in [0.717, 1.165) is 55.8 Å². The maximum Gasteiger partial charge on any atom is 0.160 e. The maximum atomic E-state index is 6.35. The Morgan fingerprint density at radius 2 is 1.15 bits per heavy atom. The van der Waals surface area contributed by atoms with Gasteiger partial charge in [0.2, 0.25) is 0 Å². The van der Waals surface area contributed by atoms with Gasteiger partial charge in [0.15, 0.2) is 5.82 Å². The van der Waals surface area contributed by atoms with Crippen LogP contribution in [0.3, 0.4) is 0 Å². The molecule has 0 saturated carbocycles. The number of furan rings is 1. The summed E-state index contributed by atoms with van der Waals surface area (Å²) in [6, 6.07) is 60.5. The number of benzene rings is 8. The summed E-state index contributed by atoms with van der Waals surface area (Å²) in [4.78, 5) is 10.7. The lowest BCUT2D eigenvalue weighted by Crippen LogP contribution is -1.96. The predicted molar refractivity (Wildman–Crippen MR) is 226 cm³/mol. The van der Waals surface area contributed by atoms with Crippen LogP contribution >= 0.6 is 11.3 Å². The van der Waals surface area contributed by atoms with E-state index < -0.39 is 0 Å². The van der Waals surface area contributed by atoms with E-state index in [-0.39, 0.29) is 0 Å². The van der Waals surface area contributed by atoms with Gasteiger partial charge in [-0.2, -0.15) is 0 Å². The van der Waals surface area contributed by atoms with Crippen LogP contribution in [0, 0.1) is 0 Å². The van der Waals surface area contributed by atoms with Gasteiger partial charge in [0.1, 0.15) is 11.2 Å². The van der Waals surface area contributed by atoms with Crippen molar-refractivity contribution in [3.05, 3.63) is 170 Å². The predicted octanol–water partition coefficient (Wildman–Crippen LogP) is 14.2. The van der Waals surface area contributed by atoms with E-state index in [9.17, 15) is 0 Å². The van der Waals surface area contributed by atoms with Crippen LogP contribution in [0.4, 0.5) is 0 Å². The molecule has 0 fully saturated rings. The van der Waals surface area contributed by atoms with Crippen LogP contribution < -0.4 is 0 Å². The number of rotatable bonds is 4. The fourth-order valence-corrected chi connectivity index (χ4v) is 9.82. The number of fused-ring (bicyclic) bond motifs is 10. The summed E-state index contributed by atoms with van der Waals surface area (Å²) in [7, 11) is 0. The van der Waals surface area contributed by atoms with Crippen molar-refractivity contribution in [3.63, 3.8) is 0 Å². The molecule has 0 amide bonds. The van der Waals surface area contributed by atoms with Gasteiger partial charge in [-0.3, -0.25) is 0 Å². The Kier molecular flexibility index (Phi) is 6.21. The molecule has 0 atom stereocenters. The van der Waals surface area contributed by atoms with Crippen molar-refractivity contribution in [1.82, 2.24) is 9.97 Å². The largest absolute Gasteiger partial charge is 0.456 e. The van der Waals surface area contributed by atoms with Crippen molar-refractivity contribution in [1.29, 1.82) is 0 Å². The highest BCUT2D eigenvalue weighted by molar-refractivity contribution is 7.26. The van der Waals surface area contributed by atoms with Gasteiger partial charge in [0.05, 0.1) is 11.4 Å². The quantitative estimate of drug-likeness (QED) is 0.183. The molecule has 0 aliphatic heterocycles. The number of para-hydroxylation sites is 1. The minimum absolute atomic E-state index is 0.704. The molecule has 1 aliphatic rings. The summed E-state index contributed by atoms with van der Waals surface area (Å²) in [6.45, 7) is 0. The van der Waals surface area contributed by atoms with E-state index in [0.29, 0.717) is 5.82 Å². The molecule has 0 unspecified atom stereocenters. The van der Waals surface area contributed by atoms with E-state index in [4.69, 9.17) is 14.4 Å². The Balaban J connectivity index is 1.11. The topological polar surface area (TPSA) is 38.9 Å². The van der Waals surface area contributed by atoms with Crippen LogP contribution in [0.1, 0.15) is 0 Å². The van der Waals surface area contributed by atoms with Crippen molar-refractivity contribution in [3.8, 4) is 67.3 Å². The molecule has 0 radical (unpaired) electrons. The summed E-state index contributed by atoms with van der Waals surface area (Å²) >= 11 is 1.83. The van der Waals surface area contributed by atoms with Gasteiger partial charge in [-0.15, -0.1) is 11.3 Å². The molecule has 0 saturated heterocycles. The van der Waals surface area contributed by atoms with E-state index >= 15 is 0 Å². The van der Waals surface area contributed by atoms with Gasteiger partial charge >= 0.3 is 0 Å². The fraction of sp³-hybridized carbons (Fsp3) is 0. The first-order valence-electron chi connectivity index (χ1n) is 18.2. The third-order valence-corrected chi connectivity index (χ3v) is 12.2. The second-order valence-electron chi connectivity index (χ2n) is 14.1. The Hall–Kier alpha value is -6.88. The highest BCUT2D eigenvalue weighted by atomic mass is 32.1. The van der Waals surface area contributed by atoms with Crippen LogP contribution in [0.25, 0.3) is 120 Å². The molecule has 0 bridgehead atoms. The smallest absolute Gasteiger partial charge is 0.160 e. The van der Waals surface area contributed by atoms with E-state index in [1.165, 1.54) is 58.6 Å². The molecule has 3 heterocycles. The molecular formula is C50H28N2OS. The molecule has 4 heteroatoms. The lowest BCUT2D eigenvalue weighted by atomic mass is 9.97. The summed E-state index contributed by atoms with van der Waals surface area (Å²) in [5.41, 5.74) is 14.0. The van der Waals surface area contributed by atoms with E-state index in [1.807, 2.05) is 17.4 Å². The Morgan fingerprint density at radius 1 is 0.407 bits per heavy atom. The average Bonchev–Trinajstić information content (AvgIpc) is 3.91. The zero-order chi connectivity index (χ0) is 35.3. The molecule has 1 aliphatic carbocycles. The molecular weight excluding hydrogens is 677 g/mol. The maximum absolute atomic E-state index is 6.35. The highest BCUT2D eigenvalue weighted by Crippen LogP contribution is 2.53. The minimum atomic E-state index is 0.704. The number of aromatic nitrogens is 2. The van der Waals surface area contributed by atoms with Gasteiger partial charge < -0.3 is 4.42 Å². The van der Waals surface area contributed by atoms with Gasteiger partial charge in [0.25, 0.3) is 0 Å². The van der Waals surface area contributed by atoms with E-state index in [1.54, 1.807) is 0 Å². The third kappa shape index (κ3) is 4.35. The van der Waals surface area contributed by atoms with Gasteiger partial charge in [-0.05, 0) is 87.1 Å². The molecule has 3 aromatic heterocycles. The van der Waals surface area contributed by atoms with Crippen molar-refractivity contribution in [2.45, 2.75) is 0 Å². The van der Waals surface area contributed by atoms with Crippen LogP contribution in [0.2, 0.25) is 0 Å². The van der Waals surface area contributed by atoms with Crippen molar-refractivity contribution >= 4 is 64.2 Å². The summed E-state index contributed by atoms with van der Waals surface area (Å²) in [5.74, 6) is 0.704. The SMILES string of the molecule is c1ccc(-c2cccc(-c3nc(-c4cc5c6c(cccc6c4)-c4c-5ccc5oc6ccccc6c45)cc(-c4cccc5c4sc4ccccc45)n3)c2)cc1. The lowest BCUT2D eigenvalue weighted by Gasteiger charge is -2.12. The molecule has 0 N–H and O–H groups in total. The molecule has 11 aromatic rings. The van der Waals surface area contributed by atoms with Crippen molar-refractivity contribution in [2.24, 2.45) is 0 Å². The molecule has 54 heavy (non-hydrogen) atoms. The number of nitrogens with zero attached hydrogens (tertiary/aromatic N) is 2. The Labute approximate surface area is 314 Å². The first-order valence-corrected chi connectivity index (χ1v) is 19.0. The number of hydrogen-bond donors (Lipinski definition) is 0. The van der Waals surface area contributed by atoms with Crippen LogP contribution in [0.5, 0.6) is 0 Å². The summed E-state index contributed by atoms with van der Waals surface area (Å²) < 4.78 is 8.86. The van der Waals surface area contributed by atoms with Gasteiger partial charge in [0, 0.05) is 53.2 Å². The van der Waals surface area contributed by atoms with Crippen LogP contribution in [-0.4, -0.2) is 9.97 Å². The molecule has 0 spiro atoms. The molecule has 3 nitrogen and oxygen atoms in total. The second-order valence-corrected chi connectivity index (χ2v) is 15.1. The van der Waals surface area contributed by atoms with Crippen LogP contribution in [-0.2, 0) is 0 Å². The highest BCUT2D eigenvalue weighted by Gasteiger charge is 2.27. The van der Waals surface area contributed by atoms with Crippen molar-refractivity contribution in [2.75, 3.05) is 0 Å². The second kappa shape index (κ2) is 11.3. The zero-order valence-corrected chi connectivity index (χ0v) is 29.7. The summed E-state index contributed by atoms with van der Waals surface area (Å²) in [5, 5.41) is 7.31. The lowest BCUT2D eigenvalue weighted by molar-refractivity contribution is 0.669. The van der Waals surface area contributed by atoms with Gasteiger partial charge in [-0.25, -0.2) is 9.97 Å². The Morgan fingerprint density at radius 3 is 2.09 bits per heavy atom. The number of hydrogen-bond acceptors (Lipinski definition) is 4. The fourth-order valence-electron chi connectivity index (χ4n) is 8.60. The molecule has 8 aromatic carbocycles. The van der Waals surface area contributed by atoms with Crippen molar-refractivity contribution < 1.29 is 4.42 Å². The first kappa shape index (κ1) is 29.7. The molecule has 250 valence electrons. The van der Waals surface area contributed by atoms with Crippen LogP contribution in [0.15, 0.2) is 174 Å². The van der Waals surface area contributed by atoms with E-state index in [2.05, 4.69) is 164 Å². The first-order chi connectivity index (χ1) is 26.7. The average molecular weight is 705 g/mol. The number of thiophene rings is 1. The zero-order valence-electron chi connectivity index (χ0n) is 28.9. The molecule has 12 rings (SSSR count). The summed E-state index contributed by atoms with van der Waals surface area (Å²) in [6.07, 6.45) is 0.